The van der Waals surface area contributed by atoms with Gasteiger partial charge in [-0.3, -0.25) is 9.97 Å². The molecule has 0 unspecified atom stereocenters. The lowest BCUT2D eigenvalue weighted by atomic mass is 10.2. The molecule has 0 aliphatic rings. The number of nitrogens with zero attached hydrogens (tertiary/aromatic N) is 5. The summed E-state index contributed by atoms with van der Waals surface area (Å²) in [7, 11) is 2.05. The van der Waals surface area contributed by atoms with Crippen LogP contribution < -0.4 is 0 Å². The monoisotopic (exact) mass is 417 g/mol. The van der Waals surface area contributed by atoms with Crippen molar-refractivity contribution in [3.63, 3.8) is 0 Å². The summed E-state index contributed by atoms with van der Waals surface area (Å²) in [5, 5.41) is 2.17. The normalized spacial score (nSPS) is 12.6. The smallest absolute Gasteiger partial charge is 0.0958 e. The second kappa shape index (κ2) is 8.19. The van der Waals surface area contributed by atoms with Gasteiger partial charge in [-0.1, -0.05) is 36.4 Å². The molecule has 0 N–H and O–H groups in total. The minimum absolute atomic E-state index is 0.871. The Balaban J connectivity index is 1.52. The Hall–Kier alpha value is -4.12. The number of aromatic nitrogens is 3. The third kappa shape index (κ3) is 3.58. The van der Waals surface area contributed by atoms with Gasteiger partial charge < -0.3 is 4.57 Å². The molecule has 0 amide bonds. The van der Waals surface area contributed by atoms with Crippen LogP contribution >= 0.6 is 0 Å². The number of fused-ring (bicyclic) bond motifs is 2. The third-order valence-corrected chi connectivity index (χ3v) is 5.66. The molecule has 156 valence electrons. The maximum absolute atomic E-state index is 4.90. The Bertz CT molecular complexity index is 1380. The van der Waals surface area contributed by atoms with E-state index in [-0.39, 0.29) is 0 Å². The summed E-state index contributed by atoms with van der Waals surface area (Å²) in [6.45, 7) is 4.06. The van der Waals surface area contributed by atoms with Crippen LogP contribution in [0.2, 0.25) is 0 Å². The van der Waals surface area contributed by atoms with Crippen LogP contribution in [0.1, 0.15) is 25.2 Å². The van der Waals surface area contributed by atoms with Gasteiger partial charge in [0.2, 0.25) is 0 Å². The summed E-state index contributed by atoms with van der Waals surface area (Å²) in [5.74, 6) is 0. The highest BCUT2D eigenvalue weighted by atomic mass is 15.0. The Morgan fingerprint density at radius 1 is 0.625 bits per heavy atom. The lowest BCUT2D eigenvalue weighted by Gasteiger charge is -2.09. The Labute approximate surface area is 186 Å². The highest BCUT2D eigenvalue weighted by molar-refractivity contribution is 6.05. The van der Waals surface area contributed by atoms with Crippen LogP contribution in [0.25, 0.3) is 21.8 Å². The summed E-state index contributed by atoms with van der Waals surface area (Å²) in [5.41, 5.74) is 7.49. The summed E-state index contributed by atoms with van der Waals surface area (Å²) in [6.07, 6.45) is 3.61. The number of aliphatic imine (C=N–C) groups is 2. The molecule has 0 aliphatic carbocycles. The fourth-order valence-electron chi connectivity index (χ4n) is 4.07. The van der Waals surface area contributed by atoms with E-state index in [0.717, 1.165) is 56.0 Å². The van der Waals surface area contributed by atoms with Crippen molar-refractivity contribution in [2.45, 2.75) is 13.8 Å². The first-order chi connectivity index (χ1) is 15.6. The van der Waals surface area contributed by atoms with Gasteiger partial charge in [0.25, 0.3) is 0 Å². The molecule has 5 rings (SSSR count). The molecule has 3 heterocycles. The zero-order valence-corrected chi connectivity index (χ0v) is 18.3. The first-order valence-electron chi connectivity index (χ1n) is 10.6. The van der Waals surface area contributed by atoms with E-state index in [9.17, 15) is 0 Å². The van der Waals surface area contributed by atoms with Crippen molar-refractivity contribution < 1.29 is 0 Å². The minimum Gasteiger partial charge on any atom is -0.342 e. The van der Waals surface area contributed by atoms with Gasteiger partial charge in [-0.05, 0) is 50.2 Å². The Morgan fingerprint density at radius 3 is 1.53 bits per heavy atom. The van der Waals surface area contributed by atoms with Gasteiger partial charge in [0.05, 0.1) is 45.2 Å². The predicted molar refractivity (Wildman–Crippen MR) is 133 cm³/mol. The van der Waals surface area contributed by atoms with Crippen LogP contribution in [0.4, 0.5) is 11.4 Å². The Kier molecular flexibility index (Phi) is 5.07. The number of hydrogen-bond donors (Lipinski definition) is 0. The number of rotatable bonds is 4. The van der Waals surface area contributed by atoms with Gasteiger partial charge in [0.1, 0.15) is 0 Å². The van der Waals surface area contributed by atoms with Crippen molar-refractivity contribution in [2.24, 2.45) is 17.0 Å². The zero-order valence-electron chi connectivity index (χ0n) is 18.3. The highest BCUT2D eigenvalue weighted by Gasteiger charge is 2.11. The van der Waals surface area contributed by atoms with E-state index in [1.54, 1.807) is 12.4 Å². The number of benzene rings is 2. The van der Waals surface area contributed by atoms with Crippen molar-refractivity contribution in [1.82, 2.24) is 14.5 Å². The van der Waals surface area contributed by atoms with Crippen LogP contribution in [-0.2, 0) is 7.05 Å². The molecule has 0 fully saturated rings. The van der Waals surface area contributed by atoms with Gasteiger partial charge in [-0.25, -0.2) is 9.98 Å². The number of para-hydroxylation sites is 2. The van der Waals surface area contributed by atoms with E-state index >= 15 is 0 Å². The molecule has 2 aromatic carbocycles. The molecule has 5 heteroatoms. The molecule has 0 aliphatic heterocycles. The molecule has 0 radical (unpaired) electrons. The van der Waals surface area contributed by atoms with Crippen LogP contribution in [0.3, 0.4) is 0 Å². The fraction of sp³-hybridized carbons (Fsp3) is 0.111. The molecule has 0 bridgehead atoms. The standard InChI is InChI=1S/C27H23N5/c1-18(30-22-12-4-8-20-10-6-16-28-26(20)22)24-14-15-25(32(24)3)19(2)31-23-13-5-9-21-11-7-17-29-27(21)23/h4-17H,1-3H3. The largest absolute Gasteiger partial charge is 0.342 e. The van der Waals surface area contributed by atoms with E-state index in [1.165, 1.54) is 0 Å². The molecule has 0 atom stereocenters. The molecule has 0 saturated carbocycles. The van der Waals surface area contributed by atoms with E-state index in [0.29, 0.717) is 0 Å². The molecular formula is C27H23N5. The Morgan fingerprint density at radius 2 is 1.06 bits per heavy atom. The fourth-order valence-corrected chi connectivity index (χ4v) is 4.07. The molecule has 5 nitrogen and oxygen atoms in total. The topological polar surface area (TPSA) is 55.4 Å². The third-order valence-electron chi connectivity index (χ3n) is 5.66. The van der Waals surface area contributed by atoms with E-state index in [2.05, 4.69) is 50.9 Å². The average molecular weight is 418 g/mol. The quantitative estimate of drug-likeness (QED) is 0.318. The van der Waals surface area contributed by atoms with E-state index in [4.69, 9.17) is 9.98 Å². The van der Waals surface area contributed by atoms with Crippen LogP contribution in [0.5, 0.6) is 0 Å². The zero-order chi connectivity index (χ0) is 22.1. The van der Waals surface area contributed by atoms with Crippen molar-refractivity contribution in [3.8, 4) is 0 Å². The van der Waals surface area contributed by atoms with E-state index < -0.39 is 0 Å². The SMILES string of the molecule is CC(=Nc1cccc2cccnc12)c1ccc(C(C)=Nc2cccc3cccnc23)n1C. The summed E-state index contributed by atoms with van der Waals surface area (Å²) >= 11 is 0. The first kappa shape index (κ1) is 19.8. The lowest BCUT2D eigenvalue weighted by molar-refractivity contribution is 0.900. The second-order valence-electron chi connectivity index (χ2n) is 7.76. The van der Waals surface area contributed by atoms with Crippen LogP contribution in [-0.4, -0.2) is 26.0 Å². The molecule has 3 aromatic heterocycles. The number of hydrogen-bond acceptors (Lipinski definition) is 4. The molecule has 0 saturated heterocycles. The maximum Gasteiger partial charge on any atom is 0.0958 e. The molecular weight excluding hydrogens is 394 g/mol. The average Bonchev–Trinajstić information content (AvgIpc) is 3.21. The van der Waals surface area contributed by atoms with Gasteiger partial charge in [-0.15, -0.1) is 0 Å². The van der Waals surface area contributed by atoms with Crippen molar-refractivity contribution in [3.05, 3.63) is 96.6 Å². The maximum atomic E-state index is 4.90. The predicted octanol–water partition coefficient (Wildman–Crippen LogP) is 6.40. The molecule has 5 aromatic rings. The minimum atomic E-state index is 0.871. The van der Waals surface area contributed by atoms with Gasteiger partial charge in [0, 0.05) is 30.2 Å². The van der Waals surface area contributed by atoms with Gasteiger partial charge in [0.15, 0.2) is 0 Å². The summed E-state index contributed by atoms with van der Waals surface area (Å²) in [6, 6.07) is 24.3. The highest BCUT2D eigenvalue weighted by Crippen LogP contribution is 2.26. The molecule has 0 spiro atoms. The second-order valence-corrected chi connectivity index (χ2v) is 7.76. The van der Waals surface area contributed by atoms with Crippen molar-refractivity contribution in [1.29, 1.82) is 0 Å². The lowest BCUT2D eigenvalue weighted by Crippen LogP contribution is -2.09. The van der Waals surface area contributed by atoms with E-state index in [1.807, 2.05) is 57.3 Å². The first-order valence-corrected chi connectivity index (χ1v) is 10.6. The molecule has 32 heavy (non-hydrogen) atoms. The van der Waals surface area contributed by atoms with Crippen molar-refractivity contribution >= 4 is 44.6 Å². The summed E-state index contributed by atoms with van der Waals surface area (Å²) < 4.78 is 2.13. The van der Waals surface area contributed by atoms with Gasteiger partial charge in [-0.2, -0.15) is 0 Å². The van der Waals surface area contributed by atoms with Crippen LogP contribution in [0, 0.1) is 0 Å². The van der Waals surface area contributed by atoms with Gasteiger partial charge >= 0.3 is 0 Å². The number of pyridine rings is 2. The van der Waals surface area contributed by atoms with Crippen molar-refractivity contribution in [2.75, 3.05) is 0 Å². The van der Waals surface area contributed by atoms with Crippen LogP contribution in [0.15, 0.2) is 95.2 Å². The summed E-state index contributed by atoms with van der Waals surface area (Å²) in [4.78, 5) is 18.8.